The van der Waals surface area contributed by atoms with Gasteiger partial charge in [-0.05, 0) is 38.2 Å². The highest BCUT2D eigenvalue weighted by atomic mass is 32.2. The minimum Gasteiger partial charge on any atom is -0.369 e. The van der Waals surface area contributed by atoms with Crippen LogP contribution in [-0.4, -0.2) is 32.5 Å². The van der Waals surface area contributed by atoms with Gasteiger partial charge in [0.25, 0.3) is 0 Å². The Morgan fingerprint density at radius 1 is 1.33 bits per heavy atom. The maximum Gasteiger partial charge on any atom is 0.163 e. The molecule has 1 fully saturated rings. The van der Waals surface area contributed by atoms with E-state index < -0.39 is 0 Å². The van der Waals surface area contributed by atoms with Gasteiger partial charge < -0.3 is 5.32 Å². The van der Waals surface area contributed by atoms with Crippen LogP contribution in [0.3, 0.4) is 0 Å². The fourth-order valence-electron chi connectivity index (χ4n) is 2.56. The zero-order valence-corrected chi connectivity index (χ0v) is 13.3. The molecule has 0 saturated heterocycles. The van der Waals surface area contributed by atoms with Gasteiger partial charge in [-0.1, -0.05) is 6.42 Å². The number of aromatic nitrogens is 3. The molecule has 0 bridgehead atoms. The van der Waals surface area contributed by atoms with E-state index in [1.54, 1.807) is 12.4 Å². The average molecular weight is 300 g/mol. The lowest BCUT2D eigenvalue weighted by molar-refractivity contribution is 0.379. The number of hydrogen-bond acceptors (Lipinski definition) is 5. The molecule has 2 heterocycles. The largest absolute Gasteiger partial charge is 0.369 e. The fraction of sp³-hybridized carbons (Fsp3) is 0.438. The van der Waals surface area contributed by atoms with Gasteiger partial charge in [0.2, 0.25) is 0 Å². The van der Waals surface area contributed by atoms with Gasteiger partial charge in [-0.2, -0.15) is 11.8 Å². The first-order valence-electron chi connectivity index (χ1n) is 7.26. The summed E-state index contributed by atoms with van der Waals surface area (Å²) in [6.45, 7) is 2.97. The van der Waals surface area contributed by atoms with Crippen LogP contribution in [0.15, 0.2) is 30.6 Å². The van der Waals surface area contributed by atoms with Crippen molar-refractivity contribution < 1.29 is 0 Å². The molecule has 1 aliphatic rings. The first kappa shape index (κ1) is 14.3. The van der Waals surface area contributed by atoms with E-state index in [0.29, 0.717) is 4.75 Å². The number of hydrogen-bond donors (Lipinski definition) is 1. The van der Waals surface area contributed by atoms with Gasteiger partial charge in [0.15, 0.2) is 5.82 Å². The predicted octanol–water partition coefficient (Wildman–Crippen LogP) is 3.54. The van der Waals surface area contributed by atoms with Crippen molar-refractivity contribution in [2.24, 2.45) is 0 Å². The third-order valence-electron chi connectivity index (χ3n) is 4.06. The molecule has 0 unspecified atom stereocenters. The standard InChI is InChI=1S/C16H20N4S/c1-12-9-14(18-11-16(21-2)6-4-7-16)20-15(19-12)13-5-3-8-17-10-13/h3,5,8-10H,4,6-7,11H2,1-2H3,(H,18,19,20). The van der Waals surface area contributed by atoms with E-state index in [1.807, 2.05) is 36.9 Å². The molecule has 110 valence electrons. The molecule has 5 heteroatoms. The number of anilines is 1. The molecule has 3 rings (SSSR count). The minimum atomic E-state index is 0.396. The van der Waals surface area contributed by atoms with Crippen molar-refractivity contribution >= 4 is 17.6 Å². The number of rotatable bonds is 5. The van der Waals surface area contributed by atoms with E-state index >= 15 is 0 Å². The Labute approximate surface area is 129 Å². The first-order valence-corrected chi connectivity index (χ1v) is 8.48. The van der Waals surface area contributed by atoms with Crippen molar-refractivity contribution in [3.63, 3.8) is 0 Å². The third kappa shape index (κ3) is 3.18. The maximum absolute atomic E-state index is 4.63. The fourth-order valence-corrected chi connectivity index (χ4v) is 3.47. The van der Waals surface area contributed by atoms with Crippen molar-refractivity contribution in [2.45, 2.75) is 30.9 Å². The van der Waals surface area contributed by atoms with Gasteiger partial charge >= 0.3 is 0 Å². The summed E-state index contributed by atoms with van der Waals surface area (Å²) < 4.78 is 0.396. The van der Waals surface area contributed by atoms with Crippen molar-refractivity contribution in [3.05, 3.63) is 36.3 Å². The minimum absolute atomic E-state index is 0.396. The Balaban J connectivity index is 1.78. The number of thioether (sulfide) groups is 1. The van der Waals surface area contributed by atoms with Gasteiger partial charge in [0.1, 0.15) is 5.82 Å². The quantitative estimate of drug-likeness (QED) is 0.915. The number of pyridine rings is 1. The van der Waals surface area contributed by atoms with Crippen molar-refractivity contribution in [3.8, 4) is 11.4 Å². The molecule has 0 amide bonds. The molecule has 0 radical (unpaired) electrons. The lowest BCUT2D eigenvalue weighted by atomic mass is 9.84. The second-order valence-electron chi connectivity index (χ2n) is 5.55. The summed E-state index contributed by atoms with van der Waals surface area (Å²) in [7, 11) is 0. The van der Waals surface area contributed by atoms with Gasteiger partial charge in [0.05, 0.1) is 0 Å². The predicted molar refractivity (Wildman–Crippen MR) is 88.6 cm³/mol. The summed E-state index contributed by atoms with van der Waals surface area (Å²) >= 11 is 1.97. The molecular formula is C16H20N4S. The molecular weight excluding hydrogens is 280 g/mol. The SMILES string of the molecule is CSC1(CNc2cc(C)nc(-c3cccnc3)n2)CCC1. The van der Waals surface area contributed by atoms with Crippen LogP contribution in [-0.2, 0) is 0 Å². The van der Waals surface area contributed by atoms with E-state index in [4.69, 9.17) is 0 Å². The monoisotopic (exact) mass is 300 g/mol. The van der Waals surface area contributed by atoms with Gasteiger partial charge in [-0.25, -0.2) is 9.97 Å². The summed E-state index contributed by atoms with van der Waals surface area (Å²) in [5, 5.41) is 3.50. The molecule has 1 N–H and O–H groups in total. The highest BCUT2D eigenvalue weighted by Gasteiger charge is 2.35. The molecule has 21 heavy (non-hydrogen) atoms. The van der Waals surface area contributed by atoms with Crippen LogP contribution in [0.2, 0.25) is 0 Å². The summed E-state index contributed by atoms with van der Waals surface area (Å²) in [6.07, 6.45) is 9.69. The number of nitrogens with one attached hydrogen (secondary N) is 1. The lowest BCUT2D eigenvalue weighted by Crippen LogP contribution is -2.40. The molecule has 0 spiro atoms. The van der Waals surface area contributed by atoms with E-state index in [-0.39, 0.29) is 0 Å². The van der Waals surface area contributed by atoms with Gasteiger partial charge in [0, 0.05) is 41.0 Å². The zero-order valence-electron chi connectivity index (χ0n) is 12.5. The Bertz CT molecular complexity index is 605. The summed E-state index contributed by atoms with van der Waals surface area (Å²) in [5.41, 5.74) is 1.92. The van der Waals surface area contributed by atoms with Crippen LogP contribution in [0.25, 0.3) is 11.4 Å². The Kier molecular flexibility index (Phi) is 4.10. The van der Waals surface area contributed by atoms with E-state index in [1.165, 1.54) is 19.3 Å². The smallest absolute Gasteiger partial charge is 0.163 e. The molecule has 0 atom stereocenters. The van der Waals surface area contributed by atoms with E-state index in [2.05, 4.69) is 26.5 Å². The topological polar surface area (TPSA) is 50.7 Å². The summed E-state index contributed by atoms with van der Waals surface area (Å²) in [5.74, 6) is 1.64. The highest BCUT2D eigenvalue weighted by Crippen LogP contribution is 2.42. The first-order chi connectivity index (χ1) is 10.2. The van der Waals surface area contributed by atoms with Crippen molar-refractivity contribution in [1.82, 2.24) is 15.0 Å². The van der Waals surface area contributed by atoms with Gasteiger partial charge in [-0.3, -0.25) is 4.98 Å². The van der Waals surface area contributed by atoms with Crippen LogP contribution >= 0.6 is 11.8 Å². The zero-order chi connectivity index (χ0) is 14.7. The normalized spacial score (nSPS) is 16.3. The van der Waals surface area contributed by atoms with Crippen LogP contribution in [0.4, 0.5) is 5.82 Å². The van der Waals surface area contributed by atoms with Crippen LogP contribution < -0.4 is 5.32 Å². The Morgan fingerprint density at radius 2 is 2.19 bits per heavy atom. The van der Waals surface area contributed by atoms with Crippen LogP contribution in [0.5, 0.6) is 0 Å². The second-order valence-corrected chi connectivity index (χ2v) is 6.83. The molecule has 4 nitrogen and oxygen atoms in total. The average Bonchev–Trinajstić information content (AvgIpc) is 2.47. The number of aryl methyl sites for hydroxylation is 1. The molecule has 1 saturated carbocycles. The number of nitrogens with zero attached hydrogens (tertiary/aromatic N) is 3. The van der Waals surface area contributed by atoms with Crippen molar-refractivity contribution in [2.75, 3.05) is 18.1 Å². The molecule has 2 aromatic rings. The molecule has 1 aliphatic carbocycles. The van der Waals surface area contributed by atoms with Crippen LogP contribution in [0, 0.1) is 6.92 Å². The Hall–Kier alpha value is -1.62. The highest BCUT2D eigenvalue weighted by molar-refractivity contribution is 8.00. The Morgan fingerprint density at radius 3 is 2.81 bits per heavy atom. The van der Waals surface area contributed by atoms with Crippen molar-refractivity contribution in [1.29, 1.82) is 0 Å². The summed E-state index contributed by atoms with van der Waals surface area (Å²) in [4.78, 5) is 13.3. The maximum atomic E-state index is 4.63. The van der Waals surface area contributed by atoms with Gasteiger partial charge in [-0.15, -0.1) is 0 Å². The second kappa shape index (κ2) is 6.02. The lowest BCUT2D eigenvalue weighted by Gasteiger charge is -2.40. The third-order valence-corrected chi connectivity index (χ3v) is 5.48. The van der Waals surface area contributed by atoms with E-state index in [9.17, 15) is 0 Å². The van der Waals surface area contributed by atoms with E-state index in [0.717, 1.165) is 29.4 Å². The summed E-state index contributed by atoms with van der Waals surface area (Å²) in [6, 6.07) is 5.90. The van der Waals surface area contributed by atoms with Crippen LogP contribution in [0.1, 0.15) is 25.0 Å². The molecule has 2 aromatic heterocycles. The molecule has 0 aliphatic heterocycles. The molecule has 0 aromatic carbocycles.